The summed E-state index contributed by atoms with van der Waals surface area (Å²) in [6.45, 7) is 4.05. The number of hydrogen-bond acceptors (Lipinski definition) is 4. The van der Waals surface area contributed by atoms with E-state index in [1.807, 2.05) is 32.2 Å². The van der Waals surface area contributed by atoms with E-state index >= 15 is 0 Å². The van der Waals surface area contributed by atoms with Crippen molar-refractivity contribution in [3.05, 3.63) is 77.1 Å². The van der Waals surface area contributed by atoms with Crippen LogP contribution >= 0.6 is 11.6 Å². The first-order valence-corrected chi connectivity index (χ1v) is 10.3. The van der Waals surface area contributed by atoms with E-state index in [0.29, 0.717) is 22.9 Å². The Labute approximate surface area is 186 Å². The Balaban J connectivity index is 1.63. The minimum absolute atomic E-state index is 0.101. The molecule has 0 spiro atoms. The largest absolute Gasteiger partial charge is 0.496 e. The molecule has 0 saturated carbocycles. The van der Waals surface area contributed by atoms with Gasteiger partial charge in [-0.3, -0.25) is 9.59 Å². The first kappa shape index (κ1) is 22.4. The number of carbonyl (C=O) groups excluding carboxylic acids is 2. The van der Waals surface area contributed by atoms with E-state index in [2.05, 4.69) is 15.7 Å². The number of carbonyl (C=O) groups is 2. The van der Waals surface area contributed by atoms with Gasteiger partial charge in [-0.1, -0.05) is 37.6 Å². The molecule has 162 valence electrons. The topological polar surface area (TPSA) is 85.2 Å². The summed E-state index contributed by atoms with van der Waals surface area (Å²) in [5.74, 6) is -0.271. The number of halogens is 1. The Morgan fingerprint density at radius 2 is 1.84 bits per heavy atom. The van der Waals surface area contributed by atoms with Crippen LogP contribution in [-0.4, -0.2) is 34.7 Å². The van der Waals surface area contributed by atoms with Crippen molar-refractivity contribution < 1.29 is 14.3 Å². The summed E-state index contributed by atoms with van der Waals surface area (Å²) in [7, 11) is 1.50. The number of hydrogen-bond donors (Lipinski definition) is 2. The highest BCUT2D eigenvalue weighted by atomic mass is 35.5. The van der Waals surface area contributed by atoms with E-state index in [-0.39, 0.29) is 17.7 Å². The monoisotopic (exact) mass is 440 g/mol. The maximum atomic E-state index is 12.8. The molecule has 1 aromatic heterocycles. The zero-order chi connectivity index (χ0) is 22.4. The summed E-state index contributed by atoms with van der Waals surface area (Å²) in [4.78, 5) is 25.5. The van der Waals surface area contributed by atoms with Gasteiger partial charge in [0.2, 0.25) is 5.91 Å². The summed E-state index contributed by atoms with van der Waals surface area (Å²) in [5, 5.41) is 10.7. The summed E-state index contributed by atoms with van der Waals surface area (Å²) in [5.41, 5.74) is 2.08. The van der Waals surface area contributed by atoms with E-state index < -0.39 is 6.04 Å². The molecule has 0 bridgehead atoms. The van der Waals surface area contributed by atoms with Crippen molar-refractivity contribution in [2.45, 2.75) is 26.4 Å². The maximum Gasteiger partial charge on any atom is 0.255 e. The molecule has 3 rings (SSSR count). The third kappa shape index (κ3) is 5.64. The zero-order valence-electron chi connectivity index (χ0n) is 17.6. The molecule has 0 aliphatic heterocycles. The molecule has 2 amide bonds. The smallest absolute Gasteiger partial charge is 0.255 e. The van der Waals surface area contributed by atoms with Gasteiger partial charge in [-0.05, 0) is 42.3 Å². The fourth-order valence-electron chi connectivity index (χ4n) is 3.07. The average Bonchev–Trinajstić information content (AvgIpc) is 3.25. The average molecular weight is 441 g/mol. The molecule has 3 aromatic rings. The van der Waals surface area contributed by atoms with Gasteiger partial charge in [-0.15, -0.1) is 0 Å². The lowest BCUT2D eigenvalue weighted by atomic mass is 10.0. The number of aromatic nitrogens is 2. The van der Waals surface area contributed by atoms with E-state index in [1.165, 1.54) is 7.11 Å². The van der Waals surface area contributed by atoms with E-state index in [9.17, 15) is 9.59 Å². The second kappa shape index (κ2) is 10.1. The molecule has 0 radical (unpaired) electrons. The maximum absolute atomic E-state index is 12.8. The van der Waals surface area contributed by atoms with Crippen LogP contribution < -0.4 is 15.4 Å². The van der Waals surface area contributed by atoms with Crippen LogP contribution in [0.15, 0.2) is 60.9 Å². The van der Waals surface area contributed by atoms with Gasteiger partial charge in [0.15, 0.2) is 0 Å². The number of methoxy groups -OCH3 is 1. The Morgan fingerprint density at radius 3 is 2.52 bits per heavy atom. The van der Waals surface area contributed by atoms with Gasteiger partial charge in [0, 0.05) is 23.3 Å². The summed E-state index contributed by atoms with van der Waals surface area (Å²) >= 11 is 5.92. The van der Waals surface area contributed by atoms with Crippen LogP contribution in [-0.2, 0) is 11.3 Å². The van der Waals surface area contributed by atoms with Gasteiger partial charge >= 0.3 is 0 Å². The predicted molar refractivity (Wildman–Crippen MR) is 120 cm³/mol. The Kier molecular flexibility index (Phi) is 7.31. The second-order valence-electron chi connectivity index (χ2n) is 7.38. The van der Waals surface area contributed by atoms with Gasteiger partial charge < -0.3 is 15.4 Å². The van der Waals surface area contributed by atoms with Gasteiger partial charge in [-0.2, -0.15) is 5.10 Å². The number of benzene rings is 2. The van der Waals surface area contributed by atoms with Crippen LogP contribution in [0.5, 0.6) is 5.75 Å². The van der Waals surface area contributed by atoms with E-state index in [0.717, 1.165) is 11.3 Å². The van der Waals surface area contributed by atoms with Gasteiger partial charge in [0.25, 0.3) is 5.91 Å². The molecular formula is C23H25ClN4O3. The number of ether oxygens (including phenoxy) is 1. The van der Waals surface area contributed by atoms with Crippen molar-refractivity contribution >= 4 is 23.4 Å². The van der Waals surface area contributed by atoms with Gasteiger partial charge in [0.05, 0.1) is 24.6 Å². The van der Waals surface area contributed by atoms with Crippen molar-refractivity contribution in [2.75, 3.05) is 7.11 Å². The van der Waals surface area contributed by atoms with Crippen molar-refractivity contribution in [1.82, 2.24) is 20.4 Å². The number of rotatable bonds is 8. The number of amides is 2. The third-order valence-electron chi connectivity index (χ3n) is 4.78. The molecule has 1 unspecified atom stereocenters. The van der Waals surface area contributed by atoms with Gasteiger partial charge in [-0.25, -0.2) is 4.68 Å². The SMILES string of the molecule is COc1ccccc1C(=O)NC(C(=O)NCc1cnn(-c2ccc(Cl)cc2)c1)C(C)C. The predicted octanol–water partition coefficient (Wildman–Crippen LogP) is 3.61. The fourth-order valence-corrected chi connectivity index (χ4v) is 3.20. The minimum Gasteiger partial charge on any atom is -0.496 e. The molecule has 2 aromatic carbocycles. The highest BCUT2D eigenvalue weighted by molar-refractivity contribution is 6.30. The summed E-state index contributed by atoms with van der Waals surface area (Å²) in [6.07, 6.45) is 3.52. The molecule has 0 aliphatic carbocycles. The van der Waals surface area contributed by atoms with Crippen LogP contribution in [0.25, 0.3) is 5.69 Å². The Bertz CT molecular complexity index is 1050. The first-order valence-electron chi connectivity index (χ1n) is 9.90. The minimum atomic E-state index is -0.691. The molecule has 0 fully saturated rings. The lowest BCUT2D eigenvalue weighted by Crippen LogP contribution is -2.49. The lowest BCUT2D eigenvalue weighted by Gasteiger charge is -2.22. The standard InChI is InChI=1S/C23H25ClN4O3/c1-15(2)21(27-22(29)19-6-4-5-7-20(19)31-3)23(30)25-12-16-13-26-28(14-16)18-10-8-17(24)9-11-18/h4-11,13-15,21H,12H2,1-3H3,(H,25,30)(H,27,29). The fraction of sp³-hybridized carbons (Fsp3) is 0.261. The Hall–Kier alpha value is -3.32. The molecule has 1 heterocycles. The molecule has 0 aliphatic rings. The number of para-hydroxylation sites is 1. The van der Waals surface area contributed by atoms with E-state index in [1.54, 1.807) is 47.3 Å². The molecular weight excluding hydrogens is 416 g/mol. The molecule has 1 atom stereocenters. The van der Waals surface area contributed by atoms with E-state index in [4.69, 9.17) is 16.3 Å². The third-order valence-corrected chi connectivity index (χ3v) is 5.03. The van der Waals surface area contributed by atoms with Crippen molar-refractivity contribution in [3.8, 4) is 11.4 Å². The normalized spacial score (nSPS) is 11.8. The van der Waals surface area contributed by atoms with Crippen LogP contribution in [0.4, 0.5) is 0 Å². The number of nitrogens with zero attached hydrogens (tertiary/aromatic N) is 2. The molecule has 7 nitrogen and oxygen atoms in total. The lowest BCUT2D eigenvalue weighted by molar-refractivity contribution is -0.124. The van der Waals surface area contributed by atoms with Crippen LogP contribution in [0, 0.1) is 5.92 Å². The zero-order valence-corrected chi connectivity index (χ0v) is 18.4. The second-order valence-corrected chi connectivity index (χ2v) is 7.82. The highest BCUT2D eigenvalue weighted by Crippen LogP contribution is 2.18. The van der Waals surface area contributed by atoms with Crippen molar-refractivity contribution in [2.24, 2.45) is 5.92 Å². The van der Waals surface area contributed by atoms with Gasteiger partial charge in [0.1, 0.15) is 11.8 Å². The molecule has 8 heteroatoms. The Morgan fingerprint density at radius 1 is 1.13 bits per heavy atom. The molecule has 0 saturated heterocycles. The highest BCUT2D eigenvalue weighted by Gasteiger charge is 2.25. The van der Waals surface area contributed by atoms with Crippen molar-refractivity contribution in [3.63, 3.8) is 0 Å². The quantitative estimate of drug-likeness (QED) is 0.560. The van der Waals surface area contributed by atoms with Crippen LogP contribution in [0.1, 0.15) is 29.8 Å². The molecule has 2 N–H and O–H groups in total. The summed E-state index contributed by atoms with van der Waals surface area (Å²) < 4.78 is 6.95. The summed E-state index contributed by atoms with van der Waals surface area (Å²) in [6, 6.07) is 13.5. The van der Waals surface area contributed by atoms with Crippen LogP contribution in [0.2, 0.25) is 5.02 Å². The molecule has 31 heavy (non-hydrogen) atoms. The van der Waals surface area contributed by atoms with Crippen molar-refractivity contribution in [1.29, 1.82) is 0 Å². The first-order chi connectivity index (χ1) is 14.9. The van der Waals surface area contributed by atoms with Crippen LogP contribution in [0.3, 0.4) is 0 Å². The number of nitrogens with one attached hydrogen (secondary N) is 2.